The fraction of sp³-hybridized carbons (Fsp3) is 0.818. The molecule has 6 heteroatoms. The van der Waals surface area contributed by atoms with Crippen molar-refractivity contribution in [1.82, 2.24) is 15.8 Å². The number of rotatable bonds is 2. The number of carbonyl (C=O) groups excluding carboxylic acids is 2. The van der Waals surface area contributed by atoms with E-state index in [9.17, 15) is 9.59 Å². The Morgan fingerprint density at radius 2 is 1.47 bits per heavy atom. The molecule has 0 radical (unpaired) electrons. The van der Waals surface area contributed by atoms with E-state index in [-0.39, 0.29) is 5.91 Å². The van der Waals surface area contributed by atoms with Crippen molar-refractivity contribution in [2.45, 2.75) is 45.8 Å². The molecule has 0 bridgehead atoms. The molecule has 0 spiro atoms. The molecular weight excluding hydrogens is 222 g/mol. The van der Waals surface area contributed by atoms with Crippen molar-refractivity contribution in [3.05, 3.63) is 0 Å². The van der Waals surface area contributed by atoms with Crippen molar-refractivity contribution >= 4 is 12.0 Å². The van der Waals surface area contributed by atoms with Crippen LogP contribution in [0, 0.1) is 0 Å². The monoisotopic (exact) mass is 245 g/mol. The smallest absolute Gasteiger partial charge is 0.426 e. The van der Waals surface area contributed by atoms with Gasteiger partial charge in [0.05, 0.1) is 5.54 Å². The van der Waals surface area contributed by atoms with Gasteiger partial charge in [-0.05, 0) is 48.7 Å². The fourth-order valence-electron chi connectivity index (χ4n) is 0.767. The lowest BCUT2D eigenvalue weighted by Crippen LogP contribution is -2.56. The second-order valence-corrected chi connectivity index (χ2v) is 5.53. The van der Waals surface area contributed by atoms with Gasteiger partial charge in [0, 0.05) is 0 Å². The Bertz CT molecular complexity index is 293. The summed E-state index contributed by atoms with van der Waals surface area (Å²) in [6, 6.07) is 0. The fourth-order valence-corrected chi connectivity index (χ4v) is 0.767. The largest absolute Gasteiger partial charge is 0.443 e. The Hall–Kier alpha value is -1.30. The number of amides is 2. The third kappa shape index (κ3) is 5.53. The molecule has 0 atom stereocenters. The maximum atomic E-state index is 11.8. The summed E-state index contributed by atoms with van der Waals surface area (Å²) >= 11 is 0. The highest BCUT2D eigenvalue weighted by molar-refractivity contribution is 5.86. The number of likely N-dealkylation sites (N-methyl/N-ethyl adjacent to an activating group) is 1. The Morgan fingerprint density at radius 3 is 1.82 bits per heavy atom. The number of carbonyl (C=O) groups is 2. The molecule has 0 saturated heterocycles. The summed E-state index contributed by atoms with van der Waals surface area (Å²) in [5.41, 5.74) is 3.23. The summed E-state index contributed by atoms with van der Waals surface area (Å²) in [6.45, 7) is 8.74. The van der Waals surface area contributed by atoms with Gasteiger partial charge in [-0.25, -0.2) is 10.2 Å². The lowest BCUT2D eigenvalue weighted by atomic mass is 10.0. The van der Waals surface area contributed by atoms with Gasteiger partial charge in [0.15, 0.2) is 0 Å². The molecule has 2 N–H and O–H groups in total. The van der Waals surface area contributed by atoms with Crippen LogP contribution >= 0.6 is 0 Å². The third-order valence-electron chi connectivity index (χ3n) is 2.35. The zero-order valence-electron chi connectivity index (χ0n) is 11.7. The average molecular weight is 245 g/mol. The van der Waals surface area contributed by atoms with Crippen LogP contribution in [0.15, 0.2) is 0 Å². The quantitative estimate of drug-likeness (QED) is 0.709. The molecular formula is C11H23N3O3. The lowest BCUT2D eigenvalue weighted by Gasteiger charge is -2.30. The predicted octanol–water partition coefficient (Wildman–Crippen LogP) is 0.882. The van der Waals surface area contributed by atoms with E-state index in [1.54, 1.807) is 53.6 Å². The molecule has 0 aliphatic heterocycles. The topological polar surface area (TPSA) is 70.7 Å². The molecule has 100 valence electrons. The van der Waals surface area contributed by atoms with Crippen LogP contribution in [-0.2, 0) is 9.53 Å². The molecule has 0 aromatic heterocycles. The molecule has 0 rings (SSSR count). The number of hydrogen-bond acceptors (Lipinski definition) is 4. The van der Waals surface area contributed by atoms with Crippen LogP contribution in [0.1, 0.15) is 34.6 Å². The predicted molar refractivity (Wildman–Crippen MR) is 65.3 cm³/mol. The van der Waals surface area contributed by atoms with E-state index in [1.165, 1.54) is 0 Å². The van der Waals surface area contributed by atoms with E-state index in [0.29, 0.717) is 0 Å². The minimum Gasteiger partial charge on any atom is -0.443 e. The SMILES string of the molecule is CN(C)C(C)(C)C(=O)NNC(=O)OC(C)(C)C. The molecule has 0 unspecified atom stereocenters. The van der Waals surface area contributed by atoms with Gasteiger partial charge < -0.3 is 4.74 Å². The lowest BCUT2D eigenvalue weighted by molar-refractivity contribution is -0.131. The van der Waals surface area contributed by atoms with Crippen LogP contribution in [0.5, 0.6) is 0 Å². The molecule has 0 heterocycles. The summed E-state index contributed by atoms with van der Waals surface area (Å²) in [4.78, 5) is 24.8. The zero-order chi connectivity index (χ0) is 13.9. The van der Waals surface area contributed by atoms with Crippen molar-refractivity contribution in [2.24, 2.45) is 0 Å². The molecule has 0 aromatic rings. The highest BCUT2D eigenvalue weighted by atomic mass is 16.6. The molecule has 2 amide bonds. The standard InChI is InChI=1S/C11H23N3O3/c1-10(2,3)17-9(16)13-12-8(15)11(4,5)14(6)7/h1-7H3,(H,12,15)(H,13,16). The molecule has 6 nitrogen and oxygen atoms in total. The maximum Gasteiger partial charge on any atom is 0.426 e. The van der Waals surface area contributed by atoms with E-state index in [2.05, 4.69) is 10.9 Å². The van der Waals surface area contributed by atoms with Crippen LogP contribution in [0.3, 0.4) is 0 Å². The summed E-state index contributed by atoms with van der Waals surface area (Å²) < 4.78 is 4.98. The van der Waals surface area contributed by atoms with Crippen molar-refractivity contribution in [2.75, 3.05) is 14.1 Å². The van der Waals surface area contributed by atoms with Crippen molar-refractivity contribution in [3.63, 3.8) is 0 Å². The minimum absolute atomic E-state index is 0.312. The third-order valence-corrected chi connectivity index (χ3v) is 2.35. The van der Waals surface area contributed by atoms with E-state index in [4.69, 9.17) is 4.74 Å². The first kappa shape index (κ1) is 15.7. The van der Waals surface area contributed by atoms with Crippen molar-refractivity contribution < 1.29 is 14.3 Å². The number of nitrogens with one attached hydrogen (secondary N) is 2. The van der Waals surface area contributed by atoms with E-state index < -0.39 is 17.2 Å². The first-order chi connectivity index (χ1) is 7.47. The summed E-state index contributed by atoms with van der Waals surface area (Å²) in [5.74, 6) is -0.312. The van der Waals surface area contributed by atoms with E-state index in [1.807, 2.05) is 0 Å². The summed E-state index contributed by atoms with van der Waals surface area (Å²) in [7, 11) is 3.57. The Morgan fingerprint density at radius 1 is 1.00 bits per heavy atom. The molecule has 17 heavy (non-hydrogen) atoms. The maximum absolute atomic E-state index is 11.8. The van der Waals surface area contributed by atoms with Crippen LogP contribution < -0.4 is 10.9 Å². The summed E-state index contributed by atoms with van der Waals surface area (Å²) in [6.07, 6.45) is -0.680. The van der Waals surface area contributed by atoms with Gasteiger partial charge in [0.25, 0.3) is 5.91 Å². The Labute approximate surface area is 103 Å². The first-order valence-electron chi connectivity index (χ1n) is 5.43. The van der Waals surface area contributed by atoms with Crippen LogP contribution in [0.25, 0.3) is 0 Å². The molecule has 0 aliphatic carbocycles. The number of ether oxygens (including phenoxy) is 1. The molecule has 0 aliphatic rings. The van der Waals surface area contributed by atoms with Crippen molar-refractivity contribution in [1.29, 1.82) is 0 Å². The summed E-state index contributed by atoms with van der Waals surface area (Å²) in [5, 5.41) is 0. The number of hydrogen-bond donors (Lipinski definition) is 2. The van der Waals surface area contributed by atoms with Crippen molar-refractivity contribution in [3.8, 4) is 0 Å². The molecule has 0 fully saturated rings. The zero-order valence-corrected chi connectivity index (χ0v) is 11.7. The van der Waals surface area contributed by atoms with E-state index >= 15 is 0 Å². The Balaban J connectivity index is 4.23. The van der Waals surface area contributed by atoms with Gasteiger partial charge in [-0.15, -0.1) is 0 Å². The first-order valence-corrected chi connectivity index (χ1v) is 5.43. The van der Waals surface area contributed by atoms with Crippen LogP contribution in [-0.4, -0.2) is 42.1 Å². The second kappa shape index (κ2) is 5.35. The van der Waals surface area contributed by atoms with Gasteiger partial charge >= 0.3 is 6.09 Å². The Kier molecular flexibility index (Phi) is 4.94. The molecule has 0 aromatic carbocycles. The normalized spacial score (nSPS) is 12.2. The highest BCUT2D eigenvalue weighted by Crippen LogP contribution is 2.09. The van der Waals surface area contributed by atoms with Crippen LogP contribution in [0.2, 0.25) is 0 Å². The second-order valence-electron chi connectivity index (χ2n) is 5.53. The van der Waals surface area contributed by atoms with Gasteiger partial charge in [0.2, 0.25) is 0 Å². The van der Waals surface area contributed by atoms with Gasteiger partial charge in [-0.2, -0.15) is 0 Å². The van der Waals surface area contributed by atoms with Gasteiger partial charge in [-0.3, -0.25) is 15.1 Å². The average Bonchev–Trinajstić information content (AvgIpc) is 2.10. The minimum atomic E-state index is -0.713. The van der Waals surface area contributed by atoms with Gasteiger partial charge in [0.1, 0.15) is 5.60 Å². The van der Waals surface area contributed by atoms with Crippen LogP contribution in [0.4, 0.5) is 4.79 Å². The van der Waals surface area contributed by atoms with Gasteiger partial charge in [-0.1, -0.05) is 0 Å². The molecule has 0 saturated carbocycles. The van der Waals surface area contributed by atoms with E-state index in [0.717, 1.165) is 0 Å². The number of nitrogens with zero attached hydrogens (tertiary/aromatic N) is 1. The highest BCUT2D eigenvalue weighted by Gasteiger charge is 2.30. The number of hydrazine groups is 1.